The Labute approximate surface area is 321 Å². The lowest BCUT2D eigenvalue weighted by Crippen LogP contribution is -1.93. The van der Waals surface area contributed by atoms with Gasteiger partial charge in [-0.05, 0) is 25.7 Å². The predicted molar refractivity (Wildman–Crippen MR) is 219 cm³/mol. The summed E-state index contributed by atoms with van der Waals surface area (Å²) in [7, 11) is 0. The van der Waals surface area contributed by atoms with Crippen LogP contribution in [0.1, 0.15) is 259 Å². The van der Waals surface area contributed by atoms with Crippen molar-refractivity contribution in [1.29, 1.82) is 0 Å². The van der Waals surface area contributed by atoms with Crippen molar-refractivity contribution in [1.82, 2.24) is 0 Å². The molecule has 0 heterocycles. The van der Waals surface area contributed by atoms with E-state index in [1.807, 2.05) is 0 Å². The molecule has 8 heteroatoms. The van der Waals surface area contributed by atoms with E-state index in [9.17, 15) is 19.2 Å². The highest BCUT2D eigenvalue weighted by molar-refractivity contribution is 5.67. The van der Waals surface area contributed by atoms with Crippen molar-refractivity contribution in [2.75, 3.05) is 0 Å². The summed E-state index contributed by atoms with van der Waals surface area (Å²) < 4.78 is 0. The van der Waals surface area contributed by atoms with Crippen molar-refractivity contribution in [2.45, 2.75) is 259 Å². The summed E-state index contributed by atoms with van der Waals surface area (Å²) in [6.07, 6.45) is 40.4. The van der Waals surface area contributed by atoms with Gasteiger partial charge in [-0.15, -0.1) is 0 Å². The zero-order valence-electron chi connectivity index (χ0n) is 34.9. The van der Waals surface area contributed by atoms with Crippen LogP contribution in [0.3, 0.4) is 0 Å². The SMILES string of the molecule is CCCCCCCC(=O)O.CCCCCCCCCC(=O)O.CCCCCCCCCCCC(=O)O.CCCCCCCCCCCCCC(=O)O. The quantitative estimate of drug-likeness (QED) is 0.0463. The molecule has 0 saturated carbocycles. The molecule has 0 aromatic heterocycles. The lowest BCUT2D eigenvalue weighted by molar-refractivity contribution is -0.138. The number of carboxylic acids is 4. The Hall–Kier alpha value is -2.12. The lowest BCUT2D eigenvalue weighted by atomic mass is 10.1. The van der Waals surface area contributed by atoms with Gasteiger partial charge in [-0.2, -0.15) is 0 Å². The molecular formula is C44H88O8. The minimum Gasteiger partial charge on any atom is -0.481 e. The highest BCUT2D eigenvalue weighted by Gasteiger charge is 1.99. The van der Waals surface area contributed by atoms with Gasteiger partial charge in [-0.25, -0.2) is 0 Å². The Balaban J connectivity index is -0.000000300. The van der Waals surface area contributed by atoms with Crippen LogP contribution in [-0.4, -0.2) is 44.3 Å². The van der Waals surface area contributed by atoms with Crippen LogP contribution >= 0.6 is 0 Å². The van der Waals surface area contributed by atoms with Crippen LogP contribution < -0.4 is 0 Å². The predicted octanol–water partition coefficient (Wildman–Crippen LogP) is 14.4. The van der Waals surface area contributed by atoms with E-state index in [-0.39, 0.29) is 0 Å². The number of carbonyl (C=O) groups is 4. The highest BCUT2D eigenvalue weighted by Crippen LogP contribution is 2.13. The smallest absolute Gasteiger partial charge is 0.303 e. The largest absolute Gasteiger partial charge is 0.481 e. The second-order valence-corrected chi connectivity index (χ2v) is 14.5. The monoisotopic (exact) mass is 745 g/mol. The van der Waals surface area contributed by atoms with Gasteiger partial charge in [0.05, 0.1) is 0 Å². The van der Waals surface area contributed by atoms with Crippen molar-refractivity contribution in [2.24, 2.45) is 0 Å². The summed E-state index contributed by atoms with van der Waals surface area (Å²) in [5, 5.41) is 33.5. The average Bonchev–Trinajstić information content (AvgIpc) is 3.10. The van der Waals surface area contributed by atoms with Crippen LogP contribution in [0, 0.1) is 0 Å². The van der Waals surface area contributed by atoms with Crippen LogP contribution in [0.2, 0.25) is 0 Å². The topological polar surface area (TPSA) is 149 Å². The summed E-state index contributed by atoms with van der Waals surface area (Å²) in [6.45, 7) is 8.82. The second kappa shape index (κ2) is 53.2. The maximum Gasteiger partial charge on any atom is 0.303 e. The van der Waals surface area contributed by atoms with Crippen molar-refractivity contribution < 1.29 is 39.6 Å². The van der Waals surface area contributed by atoms with E-state index in [1.54, 1.807) is 0 Å². The van der Waals surface area contributed by atoms with Crippen LogP contribution in [0.15, 0.2) is 0 Å². The fraction of sp³-hybridized carbons (Fsp3) is 0.909. The fourth-order valence-electron chi connectivity index (χ4n) is 5.64. The average molecular weight is 745 g/mol. The van der Waals surface area contributed by atoms with Gasteiger partial charge in [0.1, 0.15) is 0 Å². The third kappa shape index (κ3) is 73.3. The first-order valence-electron chi connectivity index (χ1n) is 22.0. The molecule has 0 aliphatic carbocycles. The molecule has 0 aliphatic rings. The maximum absolute atomic E-state index is 10.3. The van der Waals surface area contributed by atoms with Crippen LogP contribution in [0.25, 0.3) is 0 Å². The summed E-state index contributed by atoms with van der Waals surface area (Å²) in [5.41, 5.74) is 0. The molecule has 8 nitrogen and oxygen atoms in total. The van der Waals surface area contributed by atoms with Crippen molar-refractivity contribution in [3.8, 4) is 0 Å². The molecule has 0 fully saturated rings. The van der Waals surface area contributed by atoms with Gasteiger partial charge in [0, 0.05) is 25.7 Å². The summed E-state index contributed by atoms with van der Waals surface area (Å²) >= 11 is 0. The molecule has 0 aliphatic heterocycles. The van der Waals surface area contributed by atoms with Crippen molar-refractivity contribution in [3.63, 3.8) is 0 Å². The molecule has 0 aromatic carbocycles. The second-order valence-electron chi connectivity index (χ2n) is 14.5. The molecule has 0 aromatic rings. The Morgan fingerprint density at radius 2 is 0.346 bits per heavy atom. The first kappa shape index (κ1) is 56.6. The maximum atomic E-state index is 10.3. The standard InChI is InChI=1S/C14H28O2.C12H24O2.C10H20O2.C8H16O2/c1-2-3-4-5-6-7-8-9-10-11-12-13-14(15)16;1-2-3-4-5-6-7-8-9-10-11-12(13)14;1-2-3-4-5-6-7-8-9-10(11)12;1-2-3-4-5-6-7-8(9)10/h2-13H2,1H3,(H,15,16);2-11H2,1H3,(H,13,14);2-9H2,1H3,(H,11,12);2-7H2,1H3,(H,9,10). The third-order valence-corrected chi connectivity index (χ3v) is 8.98. The Kier molecular flexibility index (Phi) is 58.0. The third-order valence-electron chi connectivity index (χ3n) is 8.98. The minimum atomic E-state index is -0.670. The summed E-state index contributed by atoms with van der Waals surface area (Å²) in [4.78, 5) is 40.6. The first-order chi connectivity index (χ1) is 25.1. The highest BCUT2D eigenvalue weighted by atomic mass is 16.4. The molecule has 0 radical (unpaired) electrons. The molecule has 0 saturated heterocycles. The molecule has 0 atom stereocenters. The molecule has 0 rings (SSSR count). The van der Waals surface area contributed by atoms with Gasteiger partial charge < -0.3 is 20.4 Å². The first-order valence-corrected chi connectivity index (χ1v) is 22.0. The van der Waals surface area contributed by atoms with E-state index in [2.05, 4.69) is 27.7 Å². The van der Waals surface area contributed by atoms with Crippen molar-refractivity contribution >= 4 is 23.9 Å². The molecule has 4 N–H and O–H groups in total. The minimum absolute atomic E-state index is 0.337. The number of rotatable bonds is 36. The molecule has 0 amide bonds. The molecule has 0 spiro atoms. The Morgan fingerprint density at radius 3 is 0.462 bits per heavy atom. The molecule has 52 heavy (non-hydrogen) atoms. The number of hydrogen-bond donors (Lipinski definition) is 4. The number of unbranched alkanes of at least 4 members (excludes halogenated alkanes) is 28. The number of aliphatic carboxylic acids is 4. The summed E-state index contributed by atoms with van der Waals surface area (Å²) in [5.74, 6) is -2.65. The molecule has 312 valence electrons. The van der Waals surface area contributed by atoms with E-state index in [4.69, 9.17) is 20.4 Å². The fourth-order valence-corrected chi connectivity index (χ4v) is 5.64. The normalized spacial score (nSPS) is 10.2. The van der Waals surface area contributed by atoms with Crippen LogP contribution in [0.5, 0.6) is 0 Å². The Bertz CT molecular complexity index is 725. The molecular weight excluding hydrogens is 656 g/mol. The van der Waals surface area contributed by atoms with Gasteiger partial charge >= 0.3 is 23.9 Å². The van der Waals surface area contributed by atoms with Gasteiger partial charge in [-0.1, -0.05) is 207 Å². The van der Waals surface area contributed by atoms with Gasteiger partial charge in [0.25, 0.3) is 0 Å². The van der Waals surface area contributed by atoms with E-state index < -0.39 is 23.9 Å². The van der Waals surface area contributed by atoms with E-state index in [0.717, 1.165) is 51.4 Å². The van der Waals surface area contributed by atoms with E-state index >= 15 is 0 Å². The molecule has 0 unspecified atom stereocenters. The zero-order chi connectivity index (χ0) is 39.8. The number of hydrogen-bond acceptors (Lipinski definition) is 4. The van der Waals surface area contributed by atoms with E-state index in [0.29, 0.717) is 25.7 Å². The number of carboxylic acid groups (broad SMARTS) is 4. The van der Waals surface area contributed by atoms with Gasteiger partial charge in [-0.3, -0.25) is 19.2 Å². The van der Waals surface area contributed by atoms with Crippen LogP contribution in [0.4, 0.5) is 0 Å². The lowest BCUT2D eigenvalue weighted by Gasteiger charge is -2.01. The summed E-state index contributed by atoms with van der Waals surface area (Å²) in [6, 6.07) is 0. The van der Waals surface area contributed by atoms with E-state index in [1.165, 1.54) is 154 Å². The Morgan fingerprint density at radius 1 is 0.231 bits per heavy atom. The van der Waals surface area contributed by atoms with Gasteiger partial charge in [0.15, 0.2) is 0 Å². The molecule has 0 bridgehead atoms. The zero-order valence-corrected chi connectivity index (χ0v) is 34.9. The van der Waals surface area contributed by atoms with Gasteiger partial charge in [0.2, 0.25) is 0 Å². The van der Waals surface area contributed by atoms with Crippen molar-refractivity contribution in [3.05, 3.63) is 0 Å². The van der Waals surface area contributed by atoms with Crippen LogP contribution in [-0.2, 0) is 19.2 Å².